The number of nitrogen functional groups attached to an aromatic ring is 1. The number of fused-ring (bicyclic) bond motifs is 1. The summed E-state index contributed by atoms with van der Waals surface area (Å²) in [7, 11) is 0. The maximum Gasteiger partial charge on any atom is 0.254 e. The van der Waals surface area contributed by atoms with Gasteiger partial charge in [0.15, 0.2) is 11.6 Å². The van der Waals surface area contributed by atoms with Crippen LogP contribution in [0.5, 0.6) is 5.75 Å². The summed E-state index contributed by atoms with van der Waals surface area (Å²) in [5, 5.41) is 2.66. The van der Waals surface area contributed by atoms with Crippen LogP contribution < -0.4 is 32.2 Å². The zero-order valence-corrected chi connectivity index (χ0v) is 14.7. The highest BCUT2D eigenvalue weighted by atomic mass is 19.1. The lowest BCUT2D eigenvalue weighted by atomic mass is 10.1. The lowest BCUT2D eigenvalue weighted by molar-refractivity contribution is -0.123. The molecular formula is C17H18FN7O3. The number of carbonyl (C=O) groups is 2. The maximum absolute atomic E-state index is 14.2. The van der Waals surface area contributed by atoms with E-state index in [0.717, 1.165) is 0 Å². The van der Waals surface area contributed by atoms with Crippen LogP contribution >= 0.6 is 0 Å². The number of nitrogens with zero attached hydrogens (tertiary/aromatic N) is 2. The van der Waals surface area contributed by atoms with Crippen molar-refractivity contribution in [3.63, 3.8) is 0 Å². The maximum atomic E-state index is 14.2. The highest BCUT2D eigenvalue weighted by Gasteiger charge is 2.23. The van der Waals surface area contributed by atoms with Crippen molar-refractivity contribution in [1.29, 1.82) is 0 Å². The third-order valence-corrected chi connectivity index (χ3v) is 4.37. The molecule has 0 unspecified atom stereocenters. The number of benzene rings is 1. The summed E-state index contributed by atoms with van der Waals surface area (Å²) in [4.78, 5) is 29.6. The number of halogens is 1. The number of carbonyl (C=O) groups excluding carboxylic acids is 2. The lowest BCUT2D eigenvalue weighted by Crippen LogP contribution is -2.50. The molecule has 3 heterocycles. The Hall–Kier alpha value is -3.60. The van der Waals surface area contributed by atoms with Gasteiger partial charge in [-0.1, -0.05) is 0 Å². The minimum Gasteiger partial charge on any atom is -0.486 e. The Bertz CT molecular complexity index is 953. The number of piperazine rings is 1. The minimum absolute atomic E-state index is 0.0177. The number of hydrogen-bond donors (Lipinski definition) is 5. The molecular weight excluding hydrogens is 369 g/mol. The average Bonchev–Trinajstić information content (AvgIpc) is 3.15. The van der Waals surface area contributed by atoms with Gasteiger partial charge in [0.25, 0.3) is 5.91 Å². The number of aromatic nitrogens is 1. The van der Waals surface area contributed by atoms with Crippen LogP contribution in [0.3, 0.4) is 0 Å². The Morgan fingerprint density at radius 3 is 3.00 bits per heavy atom. The molecule has 2 aliphatic heterocycles. The van der Waals surface area contributed by atoms with Crippen LogP contribution in [0.15, 0.2) is 24.3 Å². The van der Waals surface area contributed by atoms with Crippen LogP contribution in [0, 0.1) is 5.82 Å². The van der Waals surface area contributed by atoms with Gasteiger partial charge in [-0.2, -0.15) is 0 Å². The molecule has 1 aromatic carbocycles. The summed E-state index contributed by atoms with van der Waals surface area (Å²) in [6, 6.07) is 5.55. The van der Waals surface area contributed by atoms with E-state index in [2.05, 4.69) is 26.7 Å². The number of ether oxygens (including phenoxy) is 1. The van der Waals surface area contributed by atoms with Crippen LogP contribution in [0.4, 0.5) is 21.7 Å². The zero-order chi connectivity index (χ0) is 19.7. The number of hydrazine groups is 2. The molecule has 10 nitrogen and oxygen atoms in total. The highest BCUT2D eigenvalue weighted by Crippen LogP contribution is 2.35. The van der Waals surface area contributed by atoms with E-state index in [1.807, 2.05) is 0 Å². The summed E-state index contributed by atoms with van der Waals surface area (Å²) in [6.07, 6.45) is 0. The topological polar surface area (TPSA) is 134 Å². The Morgan fingerprint density at radius 1 is 1.32 bits per heavy atom. The van der Waals surface area contributed by atoms with Gasteiger partial charge in [0.1, 0.15) is 23.9 Å². The van der Waals surface area contributed by atoms with Gasteiger partial charge in [-0.05, 0) is 18.2 Å². The van der Waals surface area contributed by atoms with Crippen molar-refractivity contribution in [1.82, 2.24) is 20.7 Å². The molecule has 0 radical (unpaired) electrons. The minimum atomic E-state index is -0.504. The molecule has 11 heteroatoms. The van der Waals surface area contributed by atoms with Crippen LogP contribution in [0.25, 0.3) is 0 Å². The number of amides is 2. The fourth-order valence-electron chi connectivity index (χ4n) is 2.99. The molecule has 4 rings (SSSR count). The van der Waals surface area contributed by atoms with Gasteiger partial charge >= 0.3 is 0 Å². The Morgan fingerprint density at radius 2 is 2.18 bits per heavy atom. The van der Waals surface area contributed by atoms with Gasteiger partial charge in [-0.15, -0.1) is 5.53 Å². The quantitative estimate of drug-likeness (QED) is 0.503. The molecule has 0 bridgehead atoms. The second kappa shape index (κ2) is 7.19. The first-order valence-electron chi connectivity index (χ1n) is 8.56. The molecule has 0 aliphatic carbocycles. The molecule has 0 spiro atoms. The molecule has 1 saturated heterocycles. The molecule has 146 valence electrons. The molecule has 2 aromatic rings. The van der Waals surface area contributed by atoms with Crippen molar-refractivity contribution in [3.05, 3.63) is 41.2 Å². The molecule has 2 aliphatic rings. The van der Waals surface area contributed by atoms with Gasteiger partial charge in [0, 0.05) is 30.3 Å². The van der Waals surface area contributed by atoms with Gasteiger partial charge in [0.2, 0.25) is 5.91 Å². The third kappa shape index (κ3) is 3.47. The van der Waals surface area contributed by atoms with E-state index in [1.54, 1.807) is 0 Å². The van der Waals surface area contributed by atoms with E-state index < -0.39 is 5.82 Å². The largest absolute Gasteiger partial charge is 0.486 e. The Kier molecular flexibility index (Phi) is 4.57. The second-order valence-electron chi connectivity index (χ2n) is 6.32. The van der Waals surface area contributed by atoms with E-state index in [0.29, 0.717) is 30.3 Å². The molecule has 2 amide bonds. The van der Waals surface area contributed by atoms with E-state index in [4.69, 9.17) is 10.5 Å². The average molecular weight is 387 g/mol. The van der Waals surface area contributed by atoms with Gasteiger partial charge in [0.05, 0.1) is 6.54 Å². The van der Waals surface area contributed by atoms with E-state index >= 15 is 0 Å². The standard InChI is InChI=1S/C17H18FN7O3/c18-11-2-1-9(17(27)25-4-3-20-14(26)7-25)5-10(11)8-28-12-6-13(19)21-16-15(12)22-24-23-16/h1-2,5-6,22,24H,3-4,7-8H2,(H,20,26)(H3,19,21,23). The Labute approximate surface area is 159 Å². The Balaban J connectivity index is 1.52. The van der Waals surface area contributed by atoms with Crippen molar-refractivity contribution < 1.29 is 18.7 Å². The number of pyridine rings is 1. The normalized spacial score (nSPS) is 15.3. The summed E-state index contributed by atoms with van der Waals surface area (Å²) in [6.45, 7) is 0.661. The van der Waals surface area contributed by atoms with Crippen LogP contribution in [0.1, 0.15) is 15.9 Å². The second-order valence-corrected chi connectivity index (χ2v) is 6.32. The first kappa shape index (κ1) is 17.8. The summed E-state index contributed by atoms with van der Waals surface area (Å²) >= 11 is 0. The van der Waals surface area contributed by atoms with E-state index in [-0.39, 0.29) is 41.9 Å². The summed E-state index contributed by atoms with van der Waals surface area (Å²) in [5.41, 5.74) is 15.0. The van der Waals surface area contributed by atoms with Crippen molar-refractivity contribution in [2.75, 3.05) is 36.2 Å². The number of rotatable bonds is 4. The predicted octanol–water partition coefficient (Wildman–Crippen LogP) is 0.211. The molecule has 6 N–H and O–H groups in total. The number of nitrogens with two attached hydrogens (primary N) is 1. The van der Waals surface area contributed by atoms with Crippen LogP contribution in [0.2, 0.25) is 0 Å². The lowest BCUT2D eigenvalue weighted by Gasteiger charge is -2.26. The SMILES string of the molecule is Nc1cc(OCc2cc(C(=O)N3CCNC(=O)C3)ccc2F)c2c(n1)NNN2. The number of anilines is 3. The molecule has 0 atom stereocenters. The highest BCUT2D eigenvalue weighted by molar-refractivity contribution is 5.97. The smallest absolute Gasteiger partial charge is 0.254 e. The van der Waals surface area contributed by atoms with Crippen molar-refractivity contribution in [2.45, 2.75) is 6.61 Å². The van der Waals surface area contributed by atoms with E-state index in [9.17, 15) is 14.0 Å². The molecule has 28 heavy (non-hydrogen) atoms. The first-order valence-corrected chi connectivity index (χ1v) is 8.56. The monoisotopic (exact) mass is 387 g/mol. The van der Waals surface area contributed by atoms with Crippen molar-refractivity contribution in [2.24, 2.45) is 0 Å². The van der Waals surface area contributed by atoms with Gasteiger partial charge in [-0.3, -0.25) is 20.4 Å². The third-order valence-electron chi connectivity index (χ3n) is 4.37. The summed E-state index contributed by atoms with van der Waals surface area (Å²) in [5.74, 6) is 0.0197. The van der Waals surface area contributed by atoms with Gasteiger partial charge < -0.3 is 20.7 Å². The molecule has 0 saturated carbocycles. The molecule has 1 aromatic heterocycles. The van der Waals surface area contributed by atoms with E-state index in [1.165, 1.54) is 29.2 Å². The summed E-state index contributed by atoms with van der Waals surface area (Å²) < 4.78 is 19.9. The van der Waals surface area contributed by atoms with Crippen molar-refractivity contribution >= 4 is 29.1 Å². The van der Waals surface area contributed by atoms with Gasteiger partial charge in [-0.25, -0.2) is 9.37 Å². The van der Waals surface area contributed by atoms with Crippen LogP contribution in [-0.4, -0.2) is 41.3 Å². The fraction of sp³-hybridized carbons (Fsp3) is 0.235. The fourth-order valence-corrected chi connectivity index (χ4v) is 2.99. The first-order chi connectivity index (χ1) is 13.5. The predicted molar refractivity (Wildman–Crippen MR) is 98.7 cm³/mol. The molecule has 1 fully saturated rings. The number of hydrogen-bond acceptors (Lipinski definition) is 8. The van der Waals surface area contributed by atoms with Crippen molar-refractivity contribution in [3.8, 4) is 5.75 Å². The van der Waals surface area contributed by atoms with Crippen LogP contribution in [-0.2, 0) is 11.4 Å². The zero-order valence-electron chi connectivity index (χ0n) is 14.7. The number of nitrogens with one attached hydrogen (secondary N) is 4.